The first-order valence-corrected chi connectivity index (χ1v) is 12.1. The minimum absolute atomic E-state index is 0.408. The van der Waals surface area contributed by atoms with Crippen LogP contribution in [-0.4, -0.2) is 25.7 Å². The van der Waals surface area contributed by atoms with Crippen molar-refractivity contribution in [2.45, 2.75) is 51.5 Å². The average molecular weight is 400 g/mol. The molecule has 1 aliphatic carbocycles. The molecule has 2 aromatic rings. The molecule has 1 aliphatic heterocycles. The van der Waals surface area contributed by atoms with Gasteiger partial charge < -0.3 is 5.32 Å². The van der Waals surface area contributed by atoms with Crippen molar-refractivity contribution < 1.29 is 8.42 Å². The summed E-state index contributed by atoms with van der Waals surface area (Å²) in [6.07, 6.45) is 8.36. The molecule has 0 spiro atoms. The van der Waals surface area contributed by atoms with Gasteiger partial charge in [-0.1, -0.05) is 45.2 Å². The van der Waals surface area contributed by atoms with Crippen LogP contribution >= 0.6 is 0 Å². The number of anilines is 2. The lowest BCUT2D eigenvalue weighted by Gasteiger charge is -2.26. The largest absolute Gasteiger partial charge is 0.380 e. The number of hydrogen-bond acceptors (Lipinski definition) is 4. The molecule has 28 heavy (non-hydrogen) atoms. The monoisotopic (exact) mass is 399 g/mol. The maximum Gasteiger partial charge on any atom is 0.229 e. The van der Waals surface area contributed by atoms with Gasteiger partial charge in [-0.3, -0.25) is 9.71 Å². The van der Waals surface area contributed by atoms with Crippen molar-refractivity contribution in [3.05, 3.63) is 42.2 Å². The fourth-order valence-corrected chi connectivity index (χ4v) is 4.99. The molecular formula is C22H29N3O2S. The van der Waals surface area contributed by atoms with Gasteiger partial charge >= 0.3 is 0 Å². The molecule has 1 saturated carbocycles. The Balaban J connectivity index is 1.57. The van der Waals surface area contributed by atoms with Crippen LogP contribution < -0.4 is 10.0 Å². The van der Waals surface area contributed by atoms with Gasteiger partial charge in [0.2, 0.25) is 10.0 Å². The molecule has 0 saturated heterocycles. The summed E-state index contributed by atoms with van der Waals surface area (Å²) in [4.78, 5) is 4.78. The lowest BCUT2D eigenvalue weighted by Crippen LogP contribution is -2.29. The van der Waals surface area contributed by atoms with Gasteiger partial charge in [0.05, 0.1) is 17.6 Å². The Bertz CT molecular complexity index is 969. The lowest BCUT2D eigenvalue weighted by atomic mass is 9.84. The molecule has 1 fully saturated rings. The van der Waals surface area contributed by atoms with Crippen LogP contribution in [0.3, 0.4) is 0 Å². The van der Waals surface area contributed by atoms with E-state index < -0.39 is 10.0 Å². The number of nitrogens with one attached hydrogen (secondary N) is 2. The van der Waals surface area contributed by atoms with Crippen molar-refractivity contribution in [3.8, 4) is 11.1 Å². The van der Waals surface area contributed by atoms with Gasteiger partial charge in [-0.25, -0.2) is 8.42 Å². The standard InChI is InChI=1S/C22H29N3O2S/c1-4-16(10-15-8-9-15)21-14(2)22-20(24-21)12-18(13-23-22)17-6-5-7-19(11-17)25-28(3,26)27/h5-7,11-16,21,24-25H,4,8-10H2,1-3H3. The molecule has 6 heteroatoms. The van der Waals surface area contributed by atoms with Gasteiger partial charge in [0, 0.05) is 29.4 Å². The van der Waals surface area contributed by atoms with Crippen molar-refractivity contribution in [1.29, 1.82) is 0 Å². The number of nitrogens with zero attached hydrogens (tertiary/aromatic N) is 1. The van der Waals surface area contributed by atoms with Crippen LogP contribution in [0.4, 0.5) is 11.4 Å². The third kappa shape index (κ3) is 4.17. The van der Waals surface area contributed by atoms with Gasteiger partial charge in [0.1, 0.15) is 0 Å². The summed E-state index contributed by atoms with van der Waals surface area (Å²) >= 11 is 0. The summed E-state index contributed by atoms with van der Waals surface area (Å²) in [5.74, 6) is 2.02. The van der Waals surface area contributed by atoms with Gasteiger partial charge in [-0.2, -0.15) is 0 Å². The molecule has 2 heterocycles. The van der Waals surface area contributed by atoms with Crippen LogP contribution in [0, 0.1) is 11.8 Å². The normalized spacial score (nSPS) is 22.4. The van der Waals surface area contributed by atoms with E-state index in [1.165, 1.54) is 25.7 Å². The lowest BCUT2D eigenvalue weighted by molar-refractivity contribution is 0.359. The Morgan fingerprint density at radius 3 is 2.71 bits per heavy atom. The fourth-order valence-electron chi connectivity index (χ4n) is 4.44. The summed E-state index contributed by atoms with van der Waals surface area (Å²) < 4.78 is 25.6. The second-order valence-corrected chi connectivity index (χ2v) is 10.2. The Hall–Kier alpha value is -2.08. The molecule has 1 aromatic carbocycles. The van der Waals surface area contributed by atoms with Crippen LogP contribution in [0.2, 0.25) is 0 Å². The van der Waals surface area contributed by atoms with E-state index in [4.69, 9.17) is 4.98 Å². The van der Waals surface area contributed by atoms with Crippen LogP contribution in [-0.2, 0) is 10.0 Å². The van der Waals surface area contributed by atoms with E-state index in [2.05, 4.69) is 30.0 Å². The molecule has 0 bridgehead atoms. The molecule has 5 nitrogen and oxygen atoms in total. The molecule has 150 valence electrons. The van der Waals surface area contributed by atoms with E-state index in [0.717, 1.165) is 34.7 Å². The van der Waals surface area contributed by atoms with Gasteiger partial charge in [-0.05, 0) is 42.0 Å². The quantitative estimate of drug-likeness (QED) is 0.698. The molecular weight excluding hydrogens is 370 g/mol. The first-order chi connectivity index (χ1) is 13.3. The summed E-state index contributed by atoms with van der Waals surface area (Å²) in [5, 5.41) is 3.76. The molecule has 2 aliphatic rings. The van der Waals surface area contributed by atoms with E-state index in [0.29, 0.717) is 23.6 Å². The first-order valence-electron chi connectivity index (χ1n) is 10.2. The summed E-state index contributed by atoms with van der Waals surface area (Å²) in [7, 11) is -3.30. The number of benzene rings is 1. The molecule has 3 unspecified atom stereocenters. The van der Waals surface area contributed by atoms with E-state index >= 15 is 0 Å². The zero-order valence-corrected chi connectivity index (χ0v) is 17.6. The maximum atomic E-state index is 11.5. The van der Waals surface area contributed by atoms with Crippen molar-refractivity contribution >= 4 is 21.4 Å². The zero-order chi connectivity index (χ0) is 19.9. The van der Waals surface area contributed by atoms with Gasteiger partial charge in [0.25, 0.3) is 0 Å². The number of pyridine rings is 1. The Labute approximate surface area is 168 Å². The molecule has 2 N–H and O–H groups in total. The van der Waals surface area contributed by atoms with Crippen molar-refractivity contribution in [3.63, 3.8) is 0 Å². The van der Waals surface area contributed by atoms with Gasteiger partial charge in [0.15, 0.2) is 0 Å². The highest BCUT2D eigenvalue weighted by atomic mass is 32.2. The highest BCUT2D eigenvalue weighted by Gasteiger charge is 2.37. The highest BCUT2D eigenvalue weighted by Crippen LogP contribution is 2.44. The van der Waals surface area contributed by atoms with Crippen molar-refractivity contribution in [2.24, 2.45) is 11.8 Å². The Morgan fingerprint density at radius 1 is 1.25 bits per heavy atom. The number of rotatable bonds is 7. The van der Waals surface area contributed by atoms with E-state index in [1.54, 1.807) is 6.07 Å². The van der Waals surface area contributed by atoms with Crippen LogP contribution in [0.25, 0.3) is 11.1 Å². The molecule has 3 atom stereocenters. The second kappa shape index (κ2) is 7.39. The summed E-state index contributed by atoms with van der Waals surface area (Å²) in [5.41, 5.74) is 4.77. The first kappa shape index (κ1) is 19.2. The predicted octanol–water partition coefficient (Wildman–Crippen LogP) is 4.84. The molecule has 1 aromatic heterocycles. The van der Waals surface area contributed by atoms with Crippen LogP contribution in [0.15, 0.2) is 36.5 Å². The highest BCUT2D eigenvalue weighted by molar-refractivity contribution is 7.92. The summed E-state index contributed by atoms with van der Waals surface area (Å²) in [6, 6.07) is 10.0. The van der Waals surface area contributed by atoms with Crippen molar-refractivity contribution in [2.75, 3.05) is 16.3 Å². The molecule has 0 amide bonds. The number of aromatic nitrogens is 1. The van der Waals surface area contributed by atoms with Gasteiger partial charge in [-0.15, -0.1) is 0 Å². The number of hydrogen-bond donors (Lipinski definition) is 2. The Morgan fingerprint density at radius 2 is 2.04 bits per heavy atom. The van der Waals surface area contributed by atoms with Crippen LogP contribution in [0.1, 0.15) is 51.1 Å². The van der Waals surface area contributed by atoms with Crippen LogP contribution in [0.5, 0.6) is 0 Å². The minimum Gasteiger partial charge on any atom is -0.380 e. The third-order valence-electron chi connectivity index (χ3n) is 6.08. The fraction of sp³-hybridized carbons (Fsp3) is 0.500. The minimum atomic E-state index is -3.30. The predicted molar refractivity (Wildman–Crippen MR) is 115 cm³/mol. The van der Waals surface area contributed by atoms with E-state index in [-0.39, 0.29) is 0 Å². The number of sulfonamides is 1. The molecule has 4 rings (SSSR count). The van der Waals surface area contributed by atoms with E-state index in [9.17, 15) is 8.42 Å². The SMILES string of the molecule is CCC(CC1CC1)C1Nc2cc(-c3cccc(NS(C)(=O)=O)c3)cnc2C1C. The smallest absolute Gasteiger partial charge is 0.229 e. The average Bonchev–Trinajstić information content (AvgIpc) is 3.41. The number of fused-ring (bicyclic) bond motifs is 1. The van der Waals surface area contributed by atoms with E-state index in [1.807, 2.05) is 24.4 Å². The topological polar surface area (TPSA) is 71.1 Å². The third-order valence-corrected chi connectivity index (χ3v) is 6.68. The zero-order valence-electron chi connectivity index (χ0n) is 16.8. The second-order valence-electron chi connectivity index (χ2n) is 8.42. The van der Waals surface area contributed by atoms with Crippen molar-refractivity contribution in [1.82, 2.24) is 4.98 Å². The molecule has 0 radical (unpaired) electrons. The maximum absolute atomic E-state index is 11.5. The summed E-state index contributed by atoms with van der Waals surface area (Å²) in [6.45, 7) is 4.58. The Kier molecular flexibility index (Phi) is 5.08.